The number of hydrogen-bond acceptors (Lipinski definition) is 3. The lowest BCUT2D eigenvalue weighted by Crippen LogP contribution is -2.27. The van der Waals surface area contributed by atoms with Gasteiger partial charge in [0.25, 0.3) is 0 Å². The number of rotatable bonds is 4. The molecule has 0 heterocycles. The van der Waals surface area contributed by atoms with E-state index in [1.54, 1.807) is 0 Å². The van der Waals surface area contributed by atoms with Crippen molar-refractivity contribution in [2.75, 3.05) is 13.2 Å². The second-order valence-electron chi connectivity index (χ2n) is 2.57. The van der Waals surface area contributed by atoms with Gasteiger partial charge >= 0.3 is 0 Å². The van der Waals surface area contributed by atoms with Crippen molar-refractivity contribution in [2.45, 2.75) is 6.92 Å². The minimum absolute atomic E-state index is 0. The van der Waals surface area contributed by atoms with E-state index in [9.17, 15) is 0 Å². The Kier molecular flexibility index (Phi) is 6.32. The van der Waals surface area contributed by atoms with E-state index in [0.29, 0.717) is 13.2 Å². The molecule has 0 atom stereocenters. The Balaban J connectivity index is 0.00000144. The molecule has 1 rings (SSSR count). The maximum atomic E-state index is 5.43. The highest BCUT2D eigenvalue weighted by Gasteiger charge is 1.95. The zero-order chi connectivity index (χ0) is 8.81. The second kappa shape index (κ2) is 6.71. The smallest absolute Gasteiger partial charge is 0.122 e. The van der Waals surface area contributed by atoms with Gasteiger partial charge in [-0.15, -0.1) is 12.4 Å². The summed E-state index contributed by atoms with van der Waals surface area (Å²) in [5.41, 5.74) is 3.68. The molecule has 3 nitrogen and oxygen atoms in total. The van der Waals surface area contributed by atoms with Gasteiger partial charge < -0.3 is 4.74 Å². The van der Waals surface area contributed by atoms with Gasteiger partial charge in [-0.2, -0.15) is 0 Å². The van der Waals surface area contributed by atoms with Crippen molar-refractivity contribution >= 4 is 12.4 Å². The third kappa shape index (κ3) is 4.12. The van der Waals surface area contributed by atoms with Crippen LogP contribution in [0.1, 0.15) is 5.56 Å². The number of nitrogens with one attached hydrogen (secondary N) is 1. The summed E-state index contributed by atoms with van der Waals surface area (Å²) < 4.78 is 5.43. The van der Waals surface area contributed by atoms with Crippen molar-refractivity contribution in [3.63, 3.8) is 0 Å². The molecule has 0 saturated heterocycles. The fraction of sp³-hybridized carbons (Fsp3) is 0.333. The van der Waals surface area contributed by atoms with Gasteiger partial charge in [-0.25, -0.2) is 0 Å². The fourth-order valence-corrected chi connectivity index (χ4v) is 0.938. The summed E-state index contributed by atoms with van der Waals surface area (Å²) in [7, 11) is 0. The van der Waals surface area contributed by atoms with Crippen LogP contribution in [0.15, 0.2) is 24.3 Å². The van der Waals surface area contributed by atoms with Crippen LogP contribution in [-0.4, -0.2) is 13.2 Å². The van der Waals surface area contributed by atoms with Crippen LogP contribution in [0.4, 0.5) is 0 Å². The number of ether oxygens (including phenoxy) is 1. The van der Waals surface area contributed by atoms with Crippen LogP contribution in [0.3, 0.4) is 0 Å². The lowest BCUT2D eigenvalue weighted by atomic mass is 10.2. The highest BCUT2D eigenvalue weighted by atomic mass is 35.5. The van der Waals surface area contributed by atoms with E-state index in [1.807, 2.05) is 31.2 Å². The monoisotopic (exact) mass is 202 g/mol. The maximum Gasteiger partial charge on any atom is 0.122 e. The molecule has 0 fully saturated rings. The molecule has 74 valence electrons. The van der Waals surface area contributed by atoms with Crippen molar-refractivity contribution < 1.29 is 4.74 Å². The number of para-hydroxylation sites is 1. The summed E-state index contributed by atoms with van der Waals surface area (Å²) in [6.45, 7) is 3.28. The van der Waals surface area contributed by atoms with Crippen molar-refractivity contribution in [1.29, 1.82) is 0 Å². The van der Waals surface area contributed by atoms with Gasteiger partial charge in [0.05, 0.1) is 0 Å². The second-order valence-corrected chi connectivity index (χ2v) is 2.57. The van der Waals surface area contributed by atoms with E-state index in [0.717, 1.165) is 11.3 Å². The number of hydrogen-bond donors (Lipinski definition) is 2. The number of hydrazine groups is 1. The highest BCUT2D eigenvalue weighted by molar-refractivity contribution is 5.85. The number of aryl methyl sites for hydroxylation is 1. The van der Waals surface area contributed by atoms with Crippen LogP contribution < -0.4 is 16.0 Å². The predicted molar refractivity (Wildman–Crippen MR) is 56.1 cm³/mol. The summed E-state index contributed by atoms with van der Waals surface area (Å²) in [6.07, 6.45) is 0. The van der Waals surface area contributed by atoms with Gasteiger partial charge in [-0.3, -0.25) is 11.3 Å². The molecule has 0 amide bonds. The Morgan fingerprint density at radius 3 is 2.69 bits per heavy atom. The standard InChI is InChI=1S/C9H14N2O.ClH/c1-8-4-2-3-5-9(8)12-7-6-11-10;/h2-5,11H,6-7,10H2,1H3;1H. The van der Waals surface area contributed by atoms with Crippen LogP contribution in [0.25, 0.3) is 0 Å². The van der Waals surface area contributed by atoms with Crippen LogP contribution in [-0.2, 0) is 0 Å². The van der Waals surface area contributed by atoms with Gasteiger partial charge in [0, 0.05) is 6.54 Å². The van der Waals surface area contributed by atoms with E-state index in [-0.39, 0.29) is 12.4 Å². The van der Waals surface area contributed by atoms with Crippen LogP contribution in [0.5, 0.6) is 5.75 Å². The fourth-order valence-electron chi connectivity index (χ4n) is 0.938. The average Bonchev–Trinajstić information content (AvgIpc) is 2.09. The molecule has 0 unspecified atom stereocenters. The Bertz CT molecular complexity index is 243. The molecule has 13 heavy (non-hydrogen) atoms. The zero-order valence-electron chi connectivity index (χ0n) is 7.62. The third-order valence-electron chi connectivity index (χ3n) is 1.60. The first-order valence-electron chi connectivity index (χ1n) is 3.96. The predicted octanol–water partition coefficient (Wildman–Crippen LogP) is 1.26. The molecule has 0 bridgehead atoms. The average molecular weight is 203 g/mol. The number of benzene rings is 1. The SMILES string of the molecule is Cc1ccccc1OCCNN.Cl. The van der Waals surface area contributed by atoms with E-state index in [2.05, 4.69) is 5.43 Å². The summed E-state index contributed by atoms with van der Waals surface area (Å²) in [5.74, 6) is 6.02. The van der Waals surface area contributed by atoms with Crippen LogP contribution in [0, 0.1) is 6.92 Å². The minimum atomic E-state index is 0. The van der Waals surface area contributed by atoms with E-state index in [4.69, 9.17) is 10.6 Å². The molecular weight excluding hydrogens is 188 g/mol. The van der Waals surface area contributed by atoms with Gasteiger partial charge in [-0.05, 0) is 18.6 Å². The van der Waals surface area contributed by atoms with Gasteiger partial charge in [0.15, 0.2) is 0 Å². The molecule has 1 aromatic carbocycles. The molecule has 0 aliphatic rings. The van der Waals surface area contributed by atoms with Crippen molar-refractivity contribution in [1.82, 2.24) is 5.43 Å². The molecule has 4 heteroatoms. The molecule has 0 saturated carbocycles. The lowest BCUT2D eigenvalue weighted by Gasteiger charge is -2.07. The number of halogens is 1. The van der Waals surface area contributed by atoms with Gasteiger partial charge in [-0.1, -0.05) is 18.2 Å². The molecule has 0 radical (unpaired) electrons. The molecule has 3 N–H and O–H groups in total. The summed E-state index contributed by atoms with van der Waals surface area (Å²) in [5, 5.41) is 0. The first-order valence-corrected chi connectivity index (χ1v) is 3.96. The quantitative estimate of drug-likeness (QED) is 0.439. The Labute approximate surface area is 84.7 Å². The van der Waals surface area contributed by atoms with Crippen LogP contribution >= 0.6 is 12.4 Å². The maximum absolute atomic E-state index is 5.43. The Morgan fingerprint density at radius 1 is 1.38 bits per heavy atom. The first-order chi connectivity index (χ1) is 5.84. The molecule has 0 aliphatic carbocycles. The summed E-state index contributed by atoms with van der Waals surface area (Å²) >= 11 is 0. The topological polar surface area (TPSA) is 47.3 Å². The van der Waals surface area contributed by atoms with Crippen molar-refractivity contribution in [3.05, 3.63) is 29.8 Å². The lowest BCUT2D eigenvalue weighted by molar-refractivity contribution is 0.313. The summed E-state index contributed by atoms with van der Waals surface area (Å²) in [6, 6.07) is 7.92. The molecule has 1 aromatic rings. The largest absolute Gasteiger partial charge is 0.492 e. The van der Waals surface area contributed by atoms with Crippen LogP contribution in [0.2, 0.25) is 0 Å². The van der Waals surface area contributed by atoms with Crippen molar-refractivity contribution in [2.24, 2.45) is 5.84 Å². The molecule has 0 spiro atoms. The summed E-state index contributed by atoms with van der Waals surface area (Å²) in [4.78, 5) is 0. The Morgan fingerprint density at radius 2 is 2.08 bits per heavy atom. The van der Waals surface area contributed by atoms with E-state index in [1.165, 1.54) is 0 Å². The molecule has 0 aromatic heterocycles. The van der Waals surface area contributed by atoms with E-state index >= 15 is 0 Å². The van der Waals surface area contributed by atoms with Gasteiger partial charge in [0.1, 0.15) is 12.4 Å². The minimum Gasteiger partial charge on any atom is -0.492 e. The Hall–Kier alpha value is -0.770. The van der Waals surface area contributed by atoms with Gasteiger partial charge in [0.2, 0.25) is 0 Å². The number of nitrogens with two attached hydrogens (primary N) is 1. The third-order valence-corrected chi connectivity index (χ3v) is 1.60. The molecule has 0 aliphatic heterocycles. The van der Waals surface area contributed by atoms with E-state index < -0.39 is 0 Å². The normalized spacial score (nSPS) is 9.08. The highest BCUT2D eigenvalue weighted by Crippen LogP contribution is 2.15. The molecular formula is C9H15ClN2O. The zero-order valence-corrected chi connectivity index (χ0v) is 8.43. The van der Waals surface area contributed by atoms with Crippen molar-refractivity contribution in [3.8, 4) is 5.75 Å². The first kappa shape index (κ1) is 12.2.